The van der Waals surface area contributed by atoms with E-state index in [1.54, 1.807) is 43.3 Å². The molecule has 0 radical (unpaired) electrons. The van der Waals surface area contributed by atoms with Crippen LogP contribution < -0.4 is 10.1 Å². The van der Waals surface area contributed by atoms with Gasteiger partial charge in [0.15, 0.2) is 6.61 Å². The zero-order valence-electron chi connectivity index (χ0n) is 13.5. The predicted molar refractivity (Wildman–Crippen MR) is 89.4 cm³/mol. The number of aryl methyl sites for hydroxylation is 1. The third kappa shape index (κ3) is 4.49. The second-order valence-corrected chi connectivity index (χ2v) is 5.05. The van der Waals surface area contributed by atoms with Crippen LogP contribution in [0.15, 0.2) is 42.5 Å². The summed E-state index contributed by atoms with van der Waals surface area (Å²) in [7, 11) is 0. The van der Waals surface area contributed by atoms with Crippen molar-refractivity contribution in [3.8, 4) is 11.5 Å². The number of phenols is 1. The Morgan fingerprint density at radius 1 is 1.12 bits per heavy atom. The minimum Gasteiger partial charge on any atom is -0.507 e. The summed E-state index contributed by atoms with van der Waals surface area (Å²) in [5.41, 5.74) is 1.16. The van der Waals surface area contributed by atoms with Crippen LogP contribution in [0.2, 0.25) is 0 Å². The van der Waals surface area contributed by atoms with Crippen molar-refractivity contribution in [2.45, 2.75) is 13.8 Å². The number of amides is 1. The molecule has 2 aromatic carbocycles. The summed E-state index contributed by atoms with van der Waals surface area (Å²) in [6.07, 6.45) is 0. The Morgan fingerprint density at radius 2 is 1.83 bits per heavy atom. The van der Waals surface area contributed by atoms with E-state index in [4.69, 9.17) is 9.47 Å². The Kier molecular flexibility index (Phi) is 5.78. The molecular weight excluding hydrogens is 310 g/mol. The van der Waals surface area contributed by atoms with Crippen LogP contribution in [-0.4, -0.2) is 30.2 Å². The van der Waals surface area contributed by atoms with E-state index < -0.39 is 18.5 Å². The van der Waals surface area contributed by atoms with Crippen molar-refractivity contribution < 1.29 is 24.2 Å². The smallest absolute Gasteiger partial charge is 0.342 e. The van der Waals surface area contributed by atoms with E-state index in [0.717, 1.165) is 0 Å². The van der Waals surface area contributed by atoms with Crippen molar-refractivity contribution in [3.05, 3.63) is 53.6 Å². The molecule has 0 saturated carbocycles. The molecule has 1 amide bonds. The molecule has 2 rings (SSSR count). The standard InChI is InChI=1S/C18H19NO5/c1-3-23-14-9-7-13(8-10-14)19-16(20)11-24-18(22)15-6-4-5-12(2)17(15)21/h4-10,21H,3,11H2,1-2H3,(H,19,20). The summed E-state index contributed by atoms with van der Waals surface area (Å²) in [5, 5.41) is 12.4. The fourth-order valence-electron chi connectivity index (χ4n) is 2.03. The number of benzene rings is 2. The van der Waals surface area contributed by atoms with Gasteiger partial charge in [-0.1, -0.05) is 12.1 Å². The number of aromatic hydroxyl groups is 1. The lowest BCUT2D eigenvalue weighted by molar-refractivity contribution is -0.119. The fourth-order valence-corrected chi connectivity index (χ4v) is 2.03. The van der Waals surface area contributed by atoms with Crippen LogP contribution in [0.1, 0.15) is 22.8 Å². The van der Waals surface area contributed by atoms with Gasteiger partial charge < -0.3 is 19.9 Å². The molecule has 0 atom stereocenters. The van der Waals surface area contributed by atoms with Gasteiger partial charge in [0.05, 0.1) is 6.61 Å². The summed E-state index contributed by atoms with van der Waals surface area (Å²) in [6, 6.07) is 11.6. The molecule has 0 heterocycles. The van der Waals surface area contributed by atoms with Gasteiger partial charge in [-0.15, -0.1) is 0 Å². The lowest BCUT2D eigenvalue weighted by Gasteiger charge is -2.09. The second-order valence-electron chi connectivity index (χ2n) is 5.05. The number of rotatable bonds is 6. The van der Waals surface area contributed by atoms with Crippen LogP contribution in [-0.2, 0) is 9.53 Å². The zero-order valence-corrected chi connectivity index (χ0v) is 13.5. The maximum Gasteiger partial charge on any atom is 0.342 e. The predicted octanol–water partition coefficient (Wildman–Crippen LogP) is 2.89. The van der Waals surface area contributed by atoms with Gasteiger partial charge in [0.25, 0.3) is 5.91 Å². The zero-order chi connectivity index (χ0) is 17.5. The topological polar surface area (TPSA) is 84.9 Å². The van der Waals surface area contributed by atoms with Crippen molar-refractivity contribution in [1.82, 2.24) is 0 Å². The van der Waals surface area contributed by atoms with Gasteiger partial charge in [-0.25, -0.2) is 4.79 Å². The van der Waals surface area contributed by atoms with Gasteiger partial charge in [0.1, 0.15) is 17.1 Å². The van der Waals surface area contributed by atoms with E-state index >= 15 is 0 Å². The van der Waals surface area contributed by atoms with E-state index in [-0.39, 0.29) is 11.3 Å². The Bertz CT molecular complexity index is 725. The first kappa shape index (κ1) is 17.3. The fraction of sp³-hybridized carbons (Fsp3) is 0.222. The highest BCUT2D eigenvalue weighted by Crippen LogP contribution is 2.22. The number of phenolic OH excluding ortho intramolecular Hbond substituents is 1. The van der Waals surface area contributed by atoms with Gasteiger partial charge >= 0.3 is 5.97 Å². The summed E-state index contributed by atoms with van der Waals surface area (Å²) in [6.45, 7) is 3.67. The number of anilines is 1. The third-order valence-corrected chi connectivity index (χ3v) is 3.24. The average molecular weight is 329 g/mol. The van der Waals surface area contributed by atoms with E-state index in [9.17, 15) is 14.7 Å². The van der Waals surface area contributed by atoms with Crippen LogP contribution in [0.25, 0.3) is 0 Å². The molecule has 126 valence electrons. The molecule has 0 aliphatic carbocycles. The molecule has 0 aliphatic heterocycles. The first-order valence-electron chi connectivity index (χ1n) is 7.49. The van der Waals surface area contributed by atoms with E-state index in [0.29, 0.717) is 23.6 Å². The van der Waals surface area contributed by atoms with Gasteiger partial charge in [0.2, 0.25) is 0 Å². The van der Waals surface area contributed by atoms with Gasteiger partial charge in [-0.3, -0.25) is 4.79 Å². The molecule has 6 heteroatoms. The molecule has 0 spiro atoms. The molecule has 0 bridgehead atoms. The molecule has 0 aromatic heterocycles. The second kappa shape index (κ2) is 8.01. The van der Waals surface area contributed by atoms with Crippen molar-refractivity contribution in [2.24, 2.45) is 0 Å². The first-order chi connectivity index (χ1) is 11.5. The lowest BCUT2D eigenvalue weighted by Crippen LogP contribution is -2.21. The molecule has 0 aliphatic rings. The summed E-state index contributed by atoms with van der Waals surface area (Å²) >= 11 is 0. The Morgan fingerprint density at radius 3 is 2.50 bits per heavy atom. The van der Waals surface area contributed by atoms with E-state index in [2.05, 4.69) is 5.32 Å². The number of nitrogens with one attached hydrogen (secondary N) is 1. The van der Waals surface area contributed by atoms with Crippen LogP contribution >= 0.6 is 0 Å². The Hall–Kier alpha value is -3.02. The number of hydrogen-bond acceptors (Lipinski definition) is 5. The van der Waals surface area contributed by atoms with E-state index in [1.165, 1.54) is 6.07 Å². The SMILES string of the molecule is CCOc1ccc(NC(=O)COC(=O)c2cccc(C)c2O)cc1. The Balaban J connectivity index is 1.88. The largest absolute Gasteiger partial charge is 0.507 e. The number of para-hydroxylation sites is 1. The van der Waals surface area contributed by atoms with Gasteiger partial charge in [-0.05, 0) is 49.7 Å². The third-order valence-electron chi connectivity index (χ3n) is 3.24. The molecule has 2 aromatic rings. The van der Waals surface area contributed by atoms with Crippen molar-refractivity contribution >= 4 is 17.6 Å². The highest BCUT2D eigenvalue weighted by Gasteiger charge is 2.15. The van der Waals surface area contributed by atoms with Crippen molar-refractivity contribution in [3.63, 3.8) is 0 Å². The normalized spacial score (nSPS) is 10.1. The molecule has 0 fully saturated rings. The van der Waals surface area contributed by atoms with Crippen molar-refractivity contribution in [1.29, 1.82) is 0 Å². The monoisotopic (exact) mass is 329 g/mol. The van der Waals surface area contributed by atoms with Crippen LogP contribution in [0.3, 0.4) is 0 Å². The lowest BCUT2D eigenvalue weighted by atomic mass is 10.1. The molecule has 6 nitrogen and oxygen atoms in total. The number of hydrogen-bond donors (Lipinski definition) is 2. The van der Waals surface area contributed by atoms with Gasteiger partial charge in [-0.2, -0.15) is 0 Å². The molecule has 2 N–H and O–H groups in total. The van der Waals surface area contributed by atoms with E-state index in [1.807, 2.05) is 6.92 Å². The number of carbonyl (C=O) groups excluding carboxylic acids is 2. The quantitative estimate of drug-likeness (QED) is 0.796. The highest BCUT2D eigenvalue weighted by atomic mass is 16.5. The molecule has 24 heavy (non-hydrogen) atoms. The maximum absolute atomic E-state index is 11.9. The number of esters is 1. The summed E-state index contributed by atoms with van der Waals surface area (Å²) in [4.78, 5) is 23.7. The number of carbonyl (C=O) groups is 2. The minimum absolute atomic E-state index is 0.0314. The minimum atomic E-state index is -0.752. The van der Waals surface area contributed by atoms with Gasteiger partial charge in [0, 0.05) is 5.69 Å². The van der Waals surface area contributed by atoms with Crippen LogP contribution in [0.4, 0.5) is 5.69 Å². The first-order valence-corrected chi connectivity index (χ1v) is 7.49. The maximum atomic E-state index is 11.9. The Labute approximate surface area is 140 Å². The molecule has 0 saturated heterocycles. The summed E-state index contributed by atoms with van der Waals surface area (Å²) < 4.78 is 10.2. The van der Waals surface area contributed by atoms with Crippen LogP contribution in [0, 0.1) is 6.92 Å². The summed E-state index contributed by atoms with van der Waals surface area (Å²) in [5.74, 6) is -0.663. The number of ether oxygens (including phenoxy) is 2. The molecule has 0 unspecified atom stereocenters. The average Bonchev–Trinajstić information content (AvgIpc) is 2.57. The molecular formula is C18H19NO5. The van der Waals surface area contributed by atoms with Crippen LogP contribution in [0.5, 0.6) is 11.5 Å². The van der Waals surface area contributed by atoms with Crippen molar-refractivity contribution in [2.75, 3.05) is 18.5 Å². The highest BCUT2D eigenvalue weighted by molar-refractivity contribution is 5.96.